The van der Waals surface area contributed by atoms with Crippen molar-refractivity contribution in [2.45, 2.75) is 139 Å². The first-order valence-corrected chi connectivity index (χ1v) is 15.0. The molecule has 2 saturated carbocycles. The SMILES string of the molecule is [CH2-]C1(C)CCCC1.[CH2-]C1(P2[C@@H](C)CC[C@@H]2C)CCCC1P1[C@@H](C)CC[C@@H]1C.[Fe+2]. The molecule has 2 aliphatic carbocycles. The van der Waals surface area contributed by atoms with Crippen molar-refractivity contribution < 1.29 is 17.1 Å². The number of hydrogen-bond donors (Lipinski definition) is 0. The summed E-state index contributed by atoms with van der Waals surface area (Å²) >= 11 is 0. The van der Waals surface area contributed by atoms with Gasteiger partial charge in [0.2, 0.25) is 0 Å². The molecule has 0 aromatic carbocycles. The molecule has 4 aliphatic rings. The Hall–Kier alpha value is 1.38. The van der Waals surface area contributed by atoms with Crippen LogP contribution in [0.25, 0.3) is 0 Å². The van der Waals surface area contributed by atoms with Gasteiger partial charge in [0.25, 0.3) is 0 Å². The van der Waals surface area contributed by atoms with Crippen LogP contribution in [0.3, 0.4) is 0 Å². The topological polar surface area (TPSA) is 0 Å². The van der Waals surface area contributed by atoms with E-state index in [9.17, 15) is 0 Å². The van der Waals surface area contributed by atoms with Crippen LogP contribution in [-0.2, 0) is 17.1 Å². The molecule has 3 heteroatoms. The molecule has 0 nitrogen and oxygen atoms in total. The summed E-state index contributed by atoms with van der Waals surface area (Å²) in [5.41, 5.74) is 5.47. The van der Waals surface area contributed by atoms with Crippen molar-refractivity contribution >= 4 is 15.8 Å². The molecule has 0 radical (unpaired) electrons. The minimum Gasteiger partial charge on any atom is -0.337 e. The molecule has 2 heterocycles. The zero-order chi connectivity index (χ0) is 19.8. The van der Waals surface area contributed by atoms with Crippen LogP contribution in [0.5, 0.6) is 0 Å². The van der Waals surface area contributed by atoms with Crippen molar-refractivity contribution in [3.8, 4) is 0 Å². The largest absolute Gasteiger partial charge is 2.00 e. The average molecular weight is 464 g/mol. The van der Waals surface area contributed by atoms with Gasteiger partial charge in [-0.25, -0.2) is 0 Å². The minimum atomic E-state index is 0. The summed E-state index contributed by atoms with van der Waals surface area (Å²) in [5.74, 6) is 0. The van der Waals surface area contributed by atoms with E-state index >= 15 is 0 Å². The van der Waals surface area contributed by atoms with E-state index in [4.69, 9.17) is 6.92 Å². The first-order valence-electron chi connectivity index (χ1n) is 11.9. The summed E-state index contributed by atoms with van der Waals surface area (Å²) in [5, 5.41) is 0.503. The average Bonchev–Trinajstić information content (AvgIpc) is 3.32. The molecule has 0 spiro atoms. The maximum atomic E-state index is 4.99. The second kappa shape index (κ2) is 10.3. The summed E-state index contributed by atoms with van der Waals surface area (Å²) in [4.78, 5) is 0. The molecule has 28 heavy (non-hydrogen) atoms. The Balaban J connectivity index is 0.000000298. The predicted molar refractivity (Wildman–Crippen MR) is 128 cm³/mol. The van der Waals surface area contributed by atoms with Gasteiger partial charge in [0, 0.05) is 0 Å². The van der Waals surface area contributed by atoms with E-state index in [1.54, 1.807) is 0 Å². The molecule has 0 aromatic rings. The summed E-state index contributed by atoms with van der Waals surface area (Å²) < 4.78 is 0. The van der Waals surface area contributed by atoms with Crippen molar-refractivity contribution in [3.63, 3.8) is 0 Å². The van der Waals surface area contributed by atoms with E-state index in [0.717, 1.165) is 28.3 Å². The Bertz CT molecular complexity index is 465. The third-order valence-electron chi connectivity index (χ3n) is 8.36. The molecule has 4 fully saturated rings. The van der Waals surface area contributed by atoms with Crippen molar-refractivity contribution in [1.29, 1.82) is 0 Å². The maximum absolute atomic E-state index is 4.99. The van der Waals surface area contributed by atoms with E-state index in [0.29, 0.717) is 10.6 Å². The van der Waals surface area contributed by atoms with Gasteiger partial charge in [0.15, 0.2) is 0 Å². The summed E-state index contributed by atoms with van der Waals surface area (Å²) in [6.45, 7) is 21.5. The van der Waals surface area contributed by atoms with Crippen molar-refractivity contribution in [2.75, 3.05) is 0 Å². The van der Waals surface area contributed by atoms with Crippen molar-refractivity contribution in [2.24, 2.45) is 5.41 Å². The zero-order valence-corrected chi connectivity index (χ0v) is 22.2. The van der Waals surface area contributed by atoms with Gasteiger partial charge in [0.1, 0.15) is 0 Å². The Morgan fingerprint density at radius 1 is 0.679 bits per heavy atom. The monoisotopic (exact) mass is 464 g/mol. The third kappa shape index (κ3) is 5.40. The molecule has 2 aliphatic heterocycles. The van der Waals surface area contributed by atoms with E-state index in [1.807, 2.05) is 0 Å². The molecule has 2 unspecified atom stereocenters. The van der Waals surface area contributed by atoms with Crippen molar-refractivity contribution in [1.82, 2.24) is 0 Å². The van der Waals surface area contributed by atoms with Crippen LogP contribution >= 0.6 is 15.8 Å². The van der Waals surface area contributed by atoms with Crippen LogP contribution in [0.2, 0.25) is 0 Å². The third-order valence-corrected chi connectivity index (χ3v) is 16.6. The fraction of sp³-hybridized carbons (Fsp3) is 0.920. The summed E-state index contributed by atoms with van der Waals surface area (Å²) in [7, 11) is 0.404. The quantitative estimate of drug-likeness (QED) is 0.218. The van der Waals surface area contributed by atoms with E-state index in [2.05, 4.69) is 41.5 Å². The molecule has 0 aromatic heterocycles. The van der Waals surface area contributed by atoms with Gasteiger partial charge < -0.3 is 13.8 Å². The molecule has 2 saturated heterocycles. The number of rotatable bonds is 2. The van der Waals surface area contributed by atoms with Gasteiger partial charge in [0.05, 0.1) is 0 Å². The second-order valence-corrected chi connectivity index (χ2v) is 17.7. The Morgan fingerprint density at radius 3 is 1.57 bits per heavy atom. The van der Waals surface area contributed by atoms with E-state index < -0.39 is 0 Å². The normalized spacial score (nSPS) is 43.6. The molecule has 164 valence electrons. The van der Waals surface area contributed by atoms with Crippen LogP contribution < -0.4 is 0 Å². The van der Waals surface area contributed by atoms with E-state index in [1.165, 1.54) is 70.6 Å². The maximum Gasteiger partial charge on any atom is 2.00 e. The molecular weight excluding hydrogens is 418 g/mol. The van der Waals surface area contributed by atoms with Gasteiger partial charge in [-0.15, -0.1) is 13.1 Å². The van der Waals surface area contributed by atoms with Crippen LogP contribution in [0.1, 0.15) is 105 Å². The second-order valence-electron chi connectivity index (χ2n) is 10.9. The van der Waals surface area contributed by atoms with Gasteiger partial charge in [-0.05, 0) is 60.4 Å². The molecule has 0 bridgehead atoms. The minimum absolute atomic E-state index is 0. The Kier molecular flexibility index (Phi) is 9.46. The molecule has 6 atom stereocenters. The van der Waals surface area contributed by atoms with Gasteiger partial charge in [-0.3, -0.25) is 0 Å². The Morgan fingerprint density at radius 2 is 1.14 bits per heavy atom. The predicted octanol–water partition coefficient (Wildman–Crippen LogP) is 8.62. The number of hydrogen-bond acceptors (Lipinski definition) is 0. The Labute approximate surface area is 190 Å². The van der Waals surface area contributed by atoms with Crippen LogP contribution in [0, 0.1) is 19.3 Å². The first-order chi connectivity index (χ1) is 12.7. The molecule has 0 amide bonds. The smallest absolute Gasteiger partial charge is 0.337 e. The fourth-order valence-corrected chi connectivity index (χ4v) is 16.2. The summed E-state index contributed by atoms with van der Waals surface area (Å²) in [6.07, 6.45) is 15.9. The van der Waals surface area contributed by atoms with Crippen LogP contribution in [0.4, 0.5) is 0 Å². The molecular formula is C25H46FeP2. The van der Waals surface area contributed by atoms with Gasteiger partial charge >= 0.3 is 17.1 Å². The van der Waals surface area contributed by atoms with Gasteiger partial charge in [-0.2, -0.15) is 5.41 Å². The van der Waals surface area contributed by atoms with Crippen LogP contribution in [0.15, 0.2) is 0 Å². The molecule has 0 N–H and O–H groups in total. The summed E-state index contributed by atoms with van der Waals surface area (Å²) in [6, 6.07) is 0. The van der Waals surface area contributed by atoms with Crippen molar-refractivity contribution in [3.05, 3.63) is 13.8 Å². The fourth-order valence-electron chi connectivity index (χ4n) is 6.90. The van der Waals surface area contributed by atoms with Gasteiger partial charge in [-0.1, -0.05) is 81.1 Å². The zero-order valence-electron chi connectivity index (χ0n) is 19.3. The van der Waals surface area contributed by atoms with Crippen LogP contribution in [-0.4, -0.2) is 33.5 Å². The van der Waals surface area contributed by atoms with E-state index in [-0.39, 0.29) is 32.9 Å². The first kappa shape index (κ1) is 25.6. The standard InChI is InChI=1S/C18H33P2.C7H13.Fe/c1-13-8-9-14(2)19(13)17-7-6-12-18(17,5)20-15(3)10-11-16(20)4;1-7(2)5-3-4-6-7;/h13-17H,5-12H2,1-4H3;1,3-6H2,2H3;/q2*-1;+2/t13-,14-,15-,16-,17?,18?;;/m0../s1. The molecule has 4 rings (SSSR count).